The van der Waals surface area contributed by atoms with Crippen LogP contribution < -0.4 is 4.90 Å². The van der Waals surface area contributed by atoms with Gasteiger partial charge in [0.2, 0.25) is 0 Å². The summed E-state index contributed by atoms with van der Waals surface area (Å²) in [6, 6.07) is 8.15. The molecule has 0 bridgehead atoms. The third-order valence-corrected chi connectivity index (χ3v) is 6.41. The van der Waals surface area contributed by atoms with Gasteiger partial charge in [-0.25, -0.2) is 8.70 Å². The number of benzene rings is 2. The van der Waals surface area contributed by atoms with Crippen molar-refractivity contribution in [2.45, 2.75) is 13.1 Å². The third-order valence-electron chi connectivity index (χ3n) is 5.53. The Kier molecular flexibility index (Phi) is 5.44. The van der Waals surface area contributed by atoms with Gasteiger partial charge >= 0.3 is 6.18 Å². The number of piperazine rings is 1. The van der Waals surface area contributed by atoms with Crippen LogP contribution in [0.2, 0.25) is 0 Å². The zero-order valence-electron chi connectivity index (χ0n) is 16.9. The fraction of sp³-hybridized carbons (Fsp3) is 0.381. The molecule has 0 aliphatic carbocycles. The molecule has 1 saturated heterocycles. The quantitative estimate of drug-likeness (QED) is 0.419. The van der Waals surface area contributed by atoms with Crippen LogP contribution in [0.1, 0.15) is 11.1 Å². The summed E-state index contributed by atoms with van der Waals surface area (Å²) in [7, 11) is 1.77. The lowest BCUT2D eigenvalue weighted by atomic mass is 10.0. The molecule has 9 heteroatoms. The smallest absolute Gasteiger partial charge is 0.369 e. The maximum absolute atomic E-state index is 14.1. The van der Waals surface area contributed by atoms with E-state index in [-0.39, 0.29) is 11.1 Å². The fourth-order valence-electron chi connectivity index (χ4n) is 3.90. The number of hydrogen-bond donors (Lipinski definition) is 0. The van der Waals surface area contributed by atoms with Gasteiger partial charge in [-0.1, -0.05) is 11.9 Å². The summed E-state index contributed by atoms with van der Waals surface area (Å²) >= 11 is 1.74. The van der Waals surface area contributed by atoms with Crippen LogP contribution in [-0.4, -0.2) is 46.5 Å². The SMILES string of the molecule is CSN1CCN(c2ccc3c(-c4cc(C)c(F)c(C(F)(F)F)c4)nn(C)c3c2)CC1. The number of halogens is 4. The lowest BCUT2D eigenvalue weighted by molar-refractivity contribution is -0.140. The van der Waals surface area contributed by atoms with Gasteiger partial charge in [-0.15, -0.1) is 0 Å². The van der Waals surface area contributed by atoms with Crippen molar-refractivity contribution in [3.8, 4) is 11.3 Å². The Labute approximate surface area is 176 Å². The zero-order valence-corrected chi connectivity index (χ0v) is 17.7. The Morgan fingerprint density at radius 1 is 1.03 bits per heavy atom. The van der Waals surface area contributed by atoms with Crippen LogP contribution in [0, 0.1) is 12.7 Å². The van der Waals surface area contributed by atoms with E-state index in [1.165, 1.54) is 13.0 Å². The van der Waals surface area contributed by atoms with E-state index in [0.717, 1.165) is 48.8 Å². The van der Waals surface area contributed by atoms with Crippen LogP contribution in [0.5, 0.6) is 0 Å². The average Bonchev–Trinajstić information content (AvgIpc) is 3.05. The number of rotatable bonds is 3. The van der Waals surface area contributed by atoms with E-state index in [1.807, 2.05) is 18.2 Å². The predicted octanol–water partition coefficient (Wildman–Crippen LogP) is 5.11. The number of nitrogens with zero attached hydrogens (tertiary/aromatic N) is 4. The van der Waals surface area contributed by atoms with E-state index < -0.39 is 17.6 Å². The van der Waals surface area contributed by atoms with Crippen LogP contribution in [0.4, 0.5) is 23.2 Å². The highest BCUT2D eigenvalue weighted by molar-refractivity contribution is 7.96. The van der Waals surface area contributed by atoms with E-state index in [1.54, 1.807) is 23.7 Å². The largest absolute Gasteiger partial charge is 0.419 e. The molecule has 30 heavy (non-hydrogen) atoms. The van der Waals surface area contributed by atoms with Crippen molar-refractivity contribution in [3.63, 3.8) is 0 Å². The predicted molar refractivity (Wildman–Crippen MR) is 113 cm³/mol. The van der Waals surface area contributed by atoms with E-state index in [2.05, 4.69) is 20.6 Å². The molecular weight excluding hydrogens is 416 g/mol. The highest BCUT2D eigenvalue weighted by atomic mass is 32.2. The van der Waals surface area contributed by atoms with Gasteiger partial charge in [-0.05, 0) is 49.1 Å². The topological polar surface area (TPSA) is 24.3 Å². The van der Waals surface area contributed by atoms with Crippen LogP contribution in [-0.2, 0) is 13.2 Å². The number of hydrogen-bond acceptors (Lipinski definition) is 4. The van der Waals surface area contributed by atoms with Crippen molar-refractivity contribution < 1.29 is 17.6 Å². The lowest BCUT2D eigenvalue weighted by Crippen LogP contribution is -2.43. The summed E-state index contributed by atoms with van der Waals surface area (Å²) in [5, 5.41) is 5.20. The Balaban J connectivity index is 1.75. The minimum absolute atomic E-state index is 0.0538. The summed E-state index contributed by atoms with van der Waals surface area (Å²) in [5.41, 5.74) is 1.24. The Bertz CT molecular complexity index is 1080. The average molecular weight is 438 g/mol. The number of anilines is 1. The first-order chi connectivity index (χ1) is 14.2. The van der Waals surface area contributed by atoms with Crippen molar-refractivity contribution in [1.29, 1.82) is 0 Å². The molecule has 0 radical (unpaired) electrons. The van der Waals surface area contributed by atoms with E-state index in [4.69, 9.17) is 0 Å². The standard InChI is InChI=1S/C21H22F4N4S/c1-13-10-14(11-17(19(13)22)21(23,24)25)20-16-5-4-15(12-18(16)27(2)26-20)28-6-8-29(30-3)9-7-28/h4-5,10-12H,6-9H2,1-3H3. The first-order valence-corrected chi connectivity index (χ1v) is 10.8. The molecule has 1 aliphatic rings. The van der Waals surface area contributed by atoms with Crippen molar-refractivity contribution >= 4 is 28.5 Å². The van der Waals surface area contributed by atoms with Gasteiger partial charge in [0, 0.05) is 49.9 Å². The molecule has 0 spiro atoms. The first-order valence-electron chi connectivity index (χ1n) is 9.57. The maximum atomic E-state index is 14.1. The van der Waals surface area contributed by atoms with Crippen molar-refractivity contribution in [2.24, 2.45) is 7.05 Å². The Morgan fingerprint density at radius 3 is 2.37 bits per heavy atom. The van der Waals surface area contributed by atoms with Crippen molar-refractivity contribution in [3.05, 3.63) is 47.3 Å². The molecule has 3 aromatic rings. The molecule has 0 amide bonds. The second-order valence-electron chi connectivity index (χ2n) is 7.42. The highest BCUT2D eigenvalue weighted by Gasteiger charge is 2.35. The third kappa shape index (κ3) is 3.76. The van der Waals surface area contributed by atoms with Gasteiger partial charge < -0.3 is 4.90 Å². The van der Waals surface area contributed by atoms with Gasteiger partial charge in [0.05, 0.1) is 11.1 Å². The normalized spacial score (nSPS) is 15.9. The van der Waals surface area contributed by atoms with Gasteiger partial charge in [-0.3, -0.25) is 4.68 Å². The minimum Gasteiger partial charge on any atom is -0.369 e. The molecule has 4 rings (SSSR count). The summed E-state index contributed by atoms with van der Waals surface area (Å²) in [6.45, 7) is 5.08. The van der Waals surface area contributed by atoms with Gasteiger partial charge in [0.1, 0.15) is 11.5 Å². The number of alkyl halides is 3. The van der Waals surface area contributed by atoms with Gasteiger partial charge in [0.25, 0.3) is 0 Å². The monoisotopic (exact) mass is 438 g/mol. The minimum atomic E-state index is -4.76. The summed E-state index contributed by atoms with van der Waals surface area (Å²) < 4.78 is 57.9. The molecular formula is C21H22F4N4S. The molecule has 0 N–H and O–H groups in total. The number of aromatic nitrogens is 2. The van der Waals surface area contributed by atoms with Crippen LogP contribution in [0.3, 0.4) is 0 Å². The molecule has 1 aliphatic heterocycles. The Hall–Kier alpha value is -2.26. The Morgan fingerprint density at radius 2 is 1.73 bits per heavy atom. The molecule has 2 heterocycles. The molecule has 1 aromatic heterocycles. The molecule has 1 fully saturated rings. The number of fused-ring (bicyclic) bond motifs is 1. The van der Waals surface area contributed by atoms with Crippen molar-refractivity contribution in [1.82, 2.24) is 14.1 Å². The molecule has 160 valence electrons. The van der Waals surface area contributed by atoms with Crippen LogP contribution in [0.25, 0.3) is 22.2 Å². The van der Waals surface area contributed by atoms with E-state index in [0.29, 0.717) is 5.69 Å². The zero-order chi connectivity index (χ0) is 21.6. The summed E-state index contributed by atoms with van der Waals surface area (Å²) in [5.74, 6) is -1.24. The molecule has 0 atom stereocenters. The molecule has 4 nitrogen and oxygen atoms in total. The highest BCUT2D eigenvalue weighted by Crippen LogP contribution is 2.38. The fourth-order valence-corrected chi connectivity index (χ4v) is 4.43. The first kappa shape index (κ1) is 21.0. The lowest BCUT2D eigenvalue weighted by Gasteiger charge is -2.34. The maximum Gasteiger partial charge on any atom is 0.419 e. The molecule has 2 aromatic carbocycles. The molecule has 0 unspecified atom stereocenters. The van der Waals surface area contributed by atoms with Crippen molar-refractivity contribution in [2.75, 3.05) is 37.3 Å². The van der Waals surface area contributed by atoms with Gasteiger partial charge in [-0.2, -0.15) is 18.3 Å². The van der Waals surface area contributed by atoms with E-state index >= 15 is 0 Å². The summed E-state index contributed by atoms with van der Waals surface area (Å²) in [4.78, 5) is 2.29. The second kappa shape index (κ2) is 7.77. The second-order valence-corrected chi connectivity index (χ2v) is 8.31. The van der Waals surface area contributed by atoms with E-state index in [9.17, 15) is 17.6 Å². The van der Waals surface area contributed by atoms with Gasteiger partial charge in [0.15, 0.2) is 0 Å². The van der Waals surface area contributed by atoms with Crippen LogP contribution >= 0.6 is 11.9 Å². The molecule has 0 saturated carbocycles. The van der Waals surface area contributed by atoms with Crippen LogP contribution in [0.15, 0.2) is 30.3 Å². The number of aryl methyl sites for hydroxylation is 2. The summed E-state index contributed by atoms with van der Waals surface area (Å²) in [6.07, 6.45) is -2.69.